The molecule has 7 aromatic rings. The third-order valence-corrected chi connectivity index (χ3v) is 9.13. The van der Waals surface area contributed by atoms with Crippen molar-refractivity contribution in [1.82, 2.24) is 9.13 Å². The van der Waals surface area contributed by atoms with Gasteiger partial charge in [-0.2, -0.15) is 0 Å². The van der Waals surface area contributed by atoms with Crippen LogP contribution in [-0.4, -0.2) is 27.5 Å². The van der Waals surface area contributed by atoms with Gasteiger partial charge in [0, 0.05) is 32.9 Å². The van der Waals surface area contributed by atoms with Gasteiger partial charge in [-0.15, -0.1) is 0 Å². The molecule has 41 heavy (non-hydrogen) atoms. The predicted octanol–water partition coefficient (Wildman–Crippen LogP) is 8.18. The zero-order valence-electron chi connectivity index (χ0n) is 23.8. The van der Waals surface area contributed by atoms with Gasteiger partial charge < -0.3 is 18.4 Å². The summed E-state index contributed by atoms with van der Waals surface area (Å²) in [5.74, 6) is 0. The summed E-state index contributed by atoms with van der Waals surface area (Å²) in [4.78, 5) is 0. The van der Waals surface area contributed by atoms with Gasteiger partial charge in [-0.05, 0) is 81.7 Å². The molecule has 0 bridgehead atoms. The van der Waals surface area contributed by atoms with Crippen LogP contribution in [0.3, 0.4) is 0 Å². The first-order chi connectivity index (χ1) is 19.8. The molecule has 8 rings (SSSR count). The van der Waals surface area contributed by atoms with E-state index in [1.807, 2.05) is 0 Å². The van der Waals surface area contributed by atoms with Crippen molar-refractivity contribution in [2.75, 3.05) is 0 Å². The third kappa shape index (κ3) is 3.56. The number of hydrogen-bond donors (Lipinski definition) is 0. The minimum atomic E-state index is -0.416. The minimum Gasteiger partial charge on any atom is -0.399 e. The zero-order chi connectivity index (χ0) is 27.9. The highest BCUT2D eigenvalue weighted by molar-refractivity contribution is 6.62. The summed E-state index contributed by atoms with van der Waals surface area (Å²) in [6, 6.07) is 41.4. The molecule has 1 saturated heterocycles. The summed E-state index contributed by atoms with van der Waals surface area (Å²) in [6.07, 6.45) is 0. The van der Waals surface area contributed by atoms with Gasteiger partial charge in [0.25, 0.3) is 0 Å². The molecule has 0 spiro atoms. The average molecular weight is 534 g/mol. The Morgan fingerprint density at radius 3 is 1.59 bits per heavy atom. The zero-order valence-corrected chi connectivity index (χ0v) is 23.8. The largest absolute Gasteiger partial charge is 0.494 e. The maximum absolute atomic E-state index is 6.42. The summed E-state index contributed by atoms with van der Waals surface area (Å²) >= 11 is 0. The number of benzene rings is 5. The van der Waals surface area contributed by atoms with Crippen molar-refractivity contribution in [2.45, 2.75) is 38.9 Å². The molecule has 0 unspecified atom stereocenters. The van der Waals surface area contributed by atoms with Gasteiger partial charge in [0.05, 0.1) is 33.3 Å². The van der Waals surface area contributed by atoms with Crippen molar-refractivity contribution in [3.05, 3.63) is 115 Å². The van der Waals surface area contributed by atoms with E-state index in [1.54, 1.807) is 0 Å². The molecule has 0 N–H and O–H groups in total. The van der Waals surface area contributed by atoms with Gasteiger partial charge in [0.1, 0.15) is 0 Å². The Labute approximate surface area is 239 Å². The molecule has 5 heteroatoms. The molecule has 0 aliphatic carbocycles. The van der Waals surface area contributed by atoms with Crippen LogP contribution in [-0.2, 0) is 9.31 Å². The van der Waals surface area contributed by atoms with Gasteiger partial charge >= 0.3 is 7.12 Å². The van der Waals surface area contributed by atoms with Crippen LogP contribution in [0, 0.1) is 0 Å². The Balaban J connectivity index is 1.41. The molecular formula is C36H31BN2O2. The van der Waals surface area contributed by atoms with Gasteiger partial charge in [-0.1, -0.05) is 66.7 Å². The second kappa shape index (κ2) is 8.59. The summed E-state index contributed by atoms with van der Waals surface area (Å²) in [6.45, 7) is 8.39. The molecule has 1 fully saturated rings. The molecule has 0 saturated carbocycles. The van der Waals surface area contributed by atoms with Gasteiger partial charge in [-0.25, -0.2) is 0 Å². The fourth-order valence-electron chi connectivity index (χ4n) is 6.35. The van der Waals surface area contributed by atoms with Crippen molar-refractivity contribution < 1.29 is 9.31 Å². The molecular weight excluding hydrogens is 503 g/mol. The van der Waals surface area contributed by atoms with Crippen molar-refractivity contribution in [2.24, 2.45) is 0 Å². The van der Waals surface area contributed by atoms with Crippen molar-refractivity contribution in [3.8, 4) is 11.4 Å². The summed E-state index contributed by atoms with van der Waals surface area (Å²) < 4.78 is 17.6. The molecule has 0 atom stereocenters. The van der Waals surface area contributed by atoms with E-state index in [2.05, 4.69) is 152 Å². The van der Waals surface area contributed by atoms with Crippen LogP contribution < -0.4 is 5.46 Å². The van der Waals surface area contributed by atoms with Crippen LogP contribution in [0.25, 0.3) is 55.0 Å². The van der Waals surface area contributed by atoms with Crippen LogP contribution >= 0.6 is 0 Å². The lowest BCUT2D eigenvalue weighted by Crippen LogP contribution is -2.41. The fourth-order valence-corrected chi connectivity index (χ4v) is 6.35. The molecule has 2 aromatic heterocycles. The van der Waals surface area contributed by atoms with Crippen LogP contribution in [0.15, 0.2) is 115 Å². The Hall–Kier alpha value is -4.32. The second-order valence-electron chi connectivity index (χ2n) is 12.1. The lowest BCUT2D eigenvalue weighted by molar-refractivity contribution is 0.00578. The van der Waals surface area contributed by atoms with E-state index in [1.165, 1.54) is 43.6 Å². The Kier molecular flexibility index (Phi) is 5.13. The van der Waals surface area contributed by atoms with E-state index in [0.29, 0.717) is 0 Å². The molecule has 0 radical (unpaired) electrons. The van der Waals surface area contributed by atoms with Crippen LogP contribution in [0.4, 0.5) is 0 Å². The number of nitrogens with zero attached hydrogens (tertiary/aromatic N) is 2. The second-order valence-corrected chi connectivity index (χ2v) is 12.1. The number of hydrogen-bond acceptors (Lipinski definition) is 2. The van der Waals surface area contributed by atoms with Gasteiger partial charge in [0.2, 0.25) is 0 Å². The molecule has 1 aliphatic rings. The highest BCUT2D eigenvalue weighted by Crippen LogP contribution is 2.40. The molecule has 3 heterocycles. The van der Waals surface area contributed by atoms with E-state index in [4.69, 9.17) is 9.31 Å². The first-order valence-electron chi connectivity index (χ1n) is 14.3. The SMILES string of the molecule is CC1(C)OB(c2cccc(-n3c4ccccc4c4cc5c6ccccc6n(-c6ccccc6)c5cc43)c2)OC1(C)C. The Bertz CT molecular complexity index is 2100. The van der Waals surface area contributed by atoms with E-state index in [-0.39, 0.29) is 0 Å². The maximum atomic E-state index is 6.42. The monoisotopic (exact) mass is 534 g/mol. The molecule has 4 nitrogen and oxygen atoms in total. The van der Waals surface area contributed by atoms with Crippen LogP contribution in [0.1, 0.15) is 27.7 Å². The summed E-state index contributed by atoms with van der Waals surface area (Å²) in [5, 5.41) is 4.99. The van der Waals surface area contributed by atoms with Crippen molar-refractivity contribution in [3.63, 3.8) is 0 Å². The van der Waals surface area contributed by atoms with E-state index >= 15 is 0 Å². The van der Waals surface area contributed by atoms with Gasteiger partial charge in [0.15, 0.2) is 0 Å². The third-order valence-electron chi connectivity index (χ3n) is 9.13. The topological polar surface area (TPSA) is 28.3 Å². The highest BCUT2D eigenvalue weighted by atomic mass is 16.7. The number of aromatic nitrogens is 2. The highest BCUT2D eigenvalue weighted by Gasteiger charge is 2.51. The van der Waals surface area contributed by atoms with E-state index < -0.39 is 18.3 Å². The normalized spacial score (nSPS) is 16.4. The Morgan fingerprint density at radius 1 is 0.463 bits per heavy atom. The van der Waals surface area contributed by atoms with E-state index in [9.17, 15) is 0 Å². The quantitative estimate of drug-likeness (QED) is 0.214. The summed E-state index contributed by atoms with van der Waals surface area (Å²) in [7, 11) is -0.416. The first-order valence-corrected chi connectivity index (χ1v) is 14.3. The standard InChI is InChI=1S/C36H31BN2O2/c1-35(2)36(3,4)41-37(40-35)24-13-12-16-26(21-24)39-32-20-11-9-18-28(32)30-22-29-27-17-8-10-19-31(27)38(33(29)23-34(30)39)25-14-6-5-7-15-25/h5-23H,1-4H3. The molecule has 5 aromatic carbocycles. The van der Waals surface area contributed by atoms with Crippen molar-refractivity contribution >= 4 is 56.2 Å². The molecule has 200 valence electrons. The average Bonchev–Trinajstić information content (AvgIpc) is 3.56. The fraction of sp³-hybridized carbons (Fsp3) is 0.167. The van der Waals surface area contributed by atoms with Crippen molar-refractivity contribution in [1.29, 1.82) is 0 Å². The maximum Gasteiger partial charge on any atom is 0.494 e. The number of rotatable bonds is 3. The van der Waals surface area contributed by atoms with E-state index in [0.717, 1.165) is 16.8 Å². The number of para-hydroxylation sites is 3. The summed E-state index contributed by atoms with van der Waals surface area (Å²) in [5.41, 5.74) is 7.23. The predicted molar refractivity (Wildman–Crippen MR) is 171 cm³/mol. The molecule has 1 aliphatic heterocycles. The minimum absolute atomic E-state index is 0.392. The van der Waals surface area contributed by atoms with Gasteiger partial charge in [-0.3, -0.25) is 0 Å². The smallest absolute Gasteiger partial charge is 0.399 e. The lowest BCUT2D eigenvalue weighted by Gasteiger charge is -2.32. The molecule has 0 amide bonds. The Morgan fingerprint density at radius 2 is 0.976 bits per heavy atom. The number of fused-ring (bicyclic) bond motifs is 6. The lowest BCUT2D eigenvalue weighted by atomic mass is 9.79. The first kappa shape index (κ1) is 24.5. The van der Waals surface area contributed by atoms with Crippen LogP contribution in [0.2, 0.25) is 0 Å². The van der Waals surface area contributed by atoms with Crippen LogP contribution in [0.5, 0.6) is 0 Å².